The van der Waals surface area contributed by atoms with E-state index in [0.29, 0.717) is 17.5 Å². The van der Waals surface area contributed by atoms with Crippen molar-refractivity contribution >= 4 is 9.84 Å². The molecule has 1 saturated carbocycles. The number of hydrogen-bond donors (Lipinski definition) is 1. The van der Waals surface area contributed by atoms with Crippen LogP contribution in [0.5, 0.6) is 0 Å². The molecule has 0 aromatic rings. The fourth-order valence-corrected chi connectivity index (χ4v) is 4.57. The van der Waals surface area contributed by atoms with Crippen molar-refractivity contribution in [2.24, 2.45) is 11.8 Å². The summed E-state index contributed by atoms with van der Waals surface area (Å²) in [4.78, 5) is 0. The van der Waals surface area contributed by atoms with Crippen LogP contribution in [-0.4, -0.2) is 32.0 Å². The van der Waals surface area contributed by atoms with Crippen molar-refractivity contribution < 1.29 is 8.42 Å². The van der Waals surface area contributed by atoms with Crippen molar-refractivity contribution in [2.75, 3.05) is 11.5 Å². The molecule has 0 aromatic heterocycles. The molecule has 0 amide bonds. The number of rotatable bonds is 6. The average molecular weight is 273 g/mol. The zero-order valence-corrected chi connectivity index (χ0v) is 12.5. The first kappa shape index (κ1) is 14.3. The molecule has 1 N–H and O–H groups in total. The minimum atomic E-state index is -2.78. The molecule has 4 heteroatoms. The predicted octanol–water partition coefficient (Wildman–Crippen LogP) is 2.37. The lowest BCUT2D eigenvalue weighted by Gasteiger charge is -2.29. The highest BCUT2D eigenvalue weighted by atomic mass is 32.2. The standard InChI is InChI=1S/C14H27NO2S/c1-11(2)5-8-14(12-6-7-12)15-13-4-3-9-18(16,17)10-13/h11-15H,3-10H2,1-2H3. The van der Waals surface area contributed by atoms with Crippen LogP contribution in [0.25, 0.3) is 0 Å². The Morgan fingerprint density at radius 1 is 1.17 bits per heavy atom. The highest BCUT2D eigenvalue weighted by Crippen LogP contribution is 2.35. The van der Waals surface area contributed by atoms with Crippen LogP contribution in [-0.2, 0) is 9.84 Å². The summed E-state index contributed by atoms with van der Waals surface area (Å²) >= 11 is 0. The minimum Gasteiger partial charge on any atom is -0.310 e. The Labute approximate surface area is 112 Å². The second-order valence-electron chi connectivity index (χ2n) is 6.54. The fraction of sp³-hybridized carbons (Fsp3) is 1.00. The Hall–Kier alpha value is -0.0900. The van der Waals surface area contributed by atoms with Crippen LogP contribution in [0.4, 0.5) is 0 Å². The summed E-state index contributed by atoms with van der Waals surface area (Å²) in [5, 5.41) is 3.65. The Morgan fingerprint density at radius 3 is 2.44 bits per heavy atom. The molecule has 2 aliphatic rings. The maximum atomic E-state index is 11.7. The molecular formula is C14H27NO2S. The van der Waals surface area contributed by atoms with Crippen LogP contribution in [0.2, 0.25) is 0 Å². The molecule has 2 atom stereocenters. The lowest BCUT2D eigenvalue weighted by Crippen LogP contribution is -2.46. The molecule has 1 heterocycles. The lowest BCUT2D eigenvalue weighted by atomic mass is 9.99. The summed E-state index contributed by atoms with van der Waals surface area (Å²) in [5.41, 5.74) is 0. The lowest BCUT2D eigenvalue weighted by molar-refractivity contribution is 0.348. The highest BCUT2D eigenvalue weighted by Gasteiger charge is 2.34. The smallest absolute Gasteiger partial charge is 0.151 e. The third-order valence-corrected chi connectivity index (χ3v) is 5.98. The van der Waals surface area contributed by atoms with E-state index in [2.05, 4.69) is 19.2 Å². The molecule has 2 rings (SSSR count). The third kappa shape index (κ3) is 4.54. The first-order valence-electron chi connectivity index (χ1n) is 7.43. The normalized spacial score (nSPS) is 29.4. The average Bonchev–Trinajstić information content (AvgIpc) is 3.06. The van der Waals surface area contributed by atoms with Gasteiger partial charge in [0.25, 0.3) is 0 Å². The van der Waals surface area contributed by atoms with Crippen molar-refractivity contribution in [2.45, 2.75) is 64.5 Å². The van der Waals surface area contributed by atoms with E-state index in [1.165, 1.54) is 25.7 Å². The fourth-order valence-electron chi connectivity index (χ4n) is 2.92. The zero-order valence-electron chi connectivity index (χ0n) is 11.7. The quantitative estimate of drug-likeness (QED) is 0.808. The minimum absolute atomic E-state index is 0.210. The van der Waals surface area contributed by atoms with Gasteiger partial charge in [-0.25, -0.2) is 8.42 Å². The first-order chi connectivity index (χ1) is 8.46. The summed E-state index contributed by atoms with van der Waals surface area (Å²) in [5.74, 6) is 2.31. The van der Waals surface area contributed by atoms with Gasteiger partial charge in [-0.1, -0.05) is 13.8 Å². The maximum absolute atomic E-state index is 11.7. The SMILES string of the molecule is CC(C)CCC(NC1CCCS(=O)(=O)C1)C1CC1. The van der Waals surface area contributed by atoms with Crippen molar-refractivity contribution in [3.8, 4) is 0 Å². The molecule has 2 fully saturated rings. The van der Waals surface area contributed by atoms with E-state index >= 15 is 0 Å². The topological polar surface area (TPSA) is 46.2 Å². The van der Waals surface area contributed by atoms with Gasteiger partial charge in [0.1, 0.15) is 0 Å². The number of nitrogens with one attached hydrogen (secondary N) is 1. The zero-order chi connectivity index (χ0) is 13.2. The summed E-state index contributed by atoms with van der Waals surface area (Å²) in [6, 6.07) is 0.771. The van der Waals surface area contributed by atoms with Crippen LogP contribution in [0.1, 0.15) is 52.4 Å². The van der Waals surface area contributed by atoms with Gasteiger partial charge >= 0.3 is 0 Å². The highest BCUT2D eigenvalue weighted by molar-refractivity contribution is 7.91. The molecule has 106 valence electrons. The van der Waals surface area contributed by atoms with Gasteiger partial charge in [0.05, 0.1) is 11.5 Å². The van der Waals surface area contributed by atoms with E-state index in [-0.39, 0.29) is 6.04 Å². The molecule has 18 heavy (non-hydrogen) atoms. The van der Waals surface area contributed by atoms with Crippen molar-refractivity contribution in [3.05, 3.63) is 0 Å². The molecule has 0 radical (unpaired) electrons. The molecule has 3 nitrogen and oxygen atoms in total. The van der Waals surface area contributed by atoms with E-state index in [0.717, 1.165) is 24.7 Å². The van der Waals surface area contributed by atoms with Gasteiger partial charge in [-0.15, -0.1) is 0 Å². The van der Waals surface area contributed by atoms with Gasteiger partial charge in [0, 0.05) is 12.1 Å². The Kier molecular flexibility index (Phi) is 4.70. The van der Waals surface area contributed by atoms with Gasteiger partial charge in [0.15, 0.2) is 9.84 Å². The van der Waals surface area contributed by atoms with Gasteiger partial charge < -0.3 is 5.32 Å². The van der Waals surface area contributed by atoms with Crippen molar-refractivity contribution in [1.82, 2.24) is 5.32 Å². The van der Waals surface area contributed by atoms with E-state index in [1.54, 1.807) is 0 Å². The number of sulfone groups is 1. The molecule has 0 bridgehead atoms. The summed E-state index contributed by atoms with van der Waals surface area (Å²) < 4.78 is 23.3. The predicted molar refractivity (Wildman–Crippen MR) is 75.4 cm³/mol. The molecule has 2 unspecified atom stereocenters. The van der Waals surface area contributed by atoms with Gasteiger partial charge in [-0.05, 0) is 50.4 Å². The van der Waals surface area contributed by atoms with E-state index in [9.17, 15) is 8.42 Å². The van der Waals surface area contributed by atoms with E-state index < -0.39 is 9.84 Å². The van der Waals surface area contributed by atoms with Crippen LogP contribution in [0.3, 0.4) is 0 Å². The van der Waals surface area contributed by atoms with Crippen LogP contribution in [0.15, 0.2) is 0 Å². The molecule has 0 spiro atoms. The van der Waals surface area contributed by atoms with Crippen LogP contribution < -0.4 is 5.32 Å². The molecule has 1 aliphatic carbocycles. The van der Waals surface area contributed by atoms with Crippen LogP contribution >= 0.6 is 0 Å². The number of hydrogen-bond acceptors (Lipinski definition) is 3. The Bertz CT molecular complexity index is 360. The van der Waals surface area contributed by atoms with Crippen LogP contribution in [0, 0.1) is 11.8 Å². The van der Waals surface area contributed by atoms with Gasteiger partial charge in [-0.2, -0.15) is 0 Å². The monoisotopic (exact) mass is 273 g/mol. The van der Waals surface area contributed by atoms with Crippen molar-refractivity contribution in [3.63, 3.8) is 0 Å². The molecular weight excluding hydrogens is 246 g/mol. The third-order valence-electron chi connectivity index (χ3n) is 4.16. The summed E-state index contributed by atoms with van der Waals surface area (Å²) in [6.07, 6.45) is 6.97. The molecule has 1 saturated heterocycles. The van der Waals surface area contributed by atoms with Crippen molar-refractivity contribution in [1.29, 1.82) is 0 Å². The van der Waals surface area contributed by atoms with E-state index in [1.807, 2.05) is 0 Å². The largest absolute Gasteiger partial charge is 0.310 e. The Morgan fingerprint density at radius 2 is 1.89 bits per heavy atom. The first-order valence-corrected chi connectivity index (χ1v) is 9.25. The summed E-state index contributed by atoms with van der Waals surface area (Å²) in [7, 11) is -2.78. The van der Waals surface area contributed by atoms with E-state index in [4.69, 9.17) is 0 Å². The van der Waals surface area contributed by atoms with Gasteiger partial charge in [-0.3, -0.25) is 0 Å². The summed E-state index contributed by atoms with van der Waals surface area (Å²) in [6.45, 7) is 4.52. The molecule has 0 aromatic carbocycles. The second-order valence-corrected chi connectivity index (χ2v) is 8.76. The Balaban J connectivity index is 1.84. The second kappa shape index (κ2) is 5.91. The maximum Gasteiger partial charge on any atom is 0.151 e. The van der Waals surface area contributed by atoms with Gasteiger partial charge in [0.2, 0.25) is 0 Å². The molecule has 1 aliphatic heterocycles.